The van der Waals surface area contributed by atoms with Crippen LogP contribution in [0.5, 0.6) is 11.5 Å². The van der Waals surface area contributed by atoms with Gasteiger partial charge in [0.25, 0.3) is 0 Å². The van der Waals surface area contributed by atoms with Crippen LogP contribution in [0.25, 0.3) is 16.9 Å². The van der Waals surface area contributed by atoms with E-state index in [1.165, 1.54) is 12.4 Å². The lowest BCUT2D eigenvalue weighted by molar-refractivity contribution is 0.249. The van der Waals surface area contributed by atoms with Gasteiger partial charge < -0.3 is 14.8 Å². The molecule has 0 saturated heterocycles. The lowest BCUT2D eigenvalue weighted by Crippen LogP contribution is -2.13. The van der Waals surface area contributed by atoms with Crippen LogP contribution in [0.15, 0.2) is 36.9 Å². The van der Waals surface area contributed by atoms with Crippen molar-refractivity contribution < 1.29 is 13.9 Å². The Kier molecular flexibility index (Phi) is 3.64. The van der Waals surface area contributed by atoms with Gasteiger partial charge in [0, 0.05) is 28.9 Å². The molecule has 8 nitrogen and oxygen atoms in total. The van der Waals surface area contributed by atoms with Crippen molar-refractivity contribution in [1.82, 2.24) is 24.6 Å². The molecule has 0 aliphatic carbocycles. The molecule has 1 atom stereocenters. The van der Waals surface area contributed by atoms with Crippen LogP contribution in [0, 0.1) is 12.7 Å². The quantitative estimate of drug-likeness (QED) is 0.522. The molecule has 0 radical (unpaired) electrons. The van der Waals surface area contributed by atoms with Crippen LogP contribution in [0.4, 0.5) is 10.2 Å². The largest absolute Gasteiger partial charge is 0.493 e. The van der Waals surface area contributed by atoms with Gasteiger partial charge in [0.2, 0.25) is 0 Å². The Morgan fingerprint density at radius 1 is 1.13 bits per heavy atom. The van der Waals surface area contributed by atoms with Gasteiger partial charge in [-0.05, 0) is 31.2 Å². The second kappa shape index (κ2) is 6.38. The second-order valence-electron chi connectivity index (χ2n) is 7.45. The lowest BCUT2D eigenvalue weighted by atomic mass is 9.96. The van der Waals surface area contributed by atoms with Crippen LogP contribution in [-0.2, 0) is 6.54 Å². The van der Waals surface area contributed by atoms with Crippen LogP contribution >= 0.6 is 0 Å². The minimum Gasteiger partial charge on any atom is -0.493 e. The van der Waals surface area contributed by atoms with E-state index >= 15 is 0 Å². The Morgan fingerprint density at radius 2 is 2.00 bits per heavy atom. The minimum atomic E-state index is -0.256. The van der Waals surface area contributed by atoms with Gasteiger partial charge in [-0.3, -0.25) is 4.40 Å². The molecule has 1 aromatic carbocycles. The third-order valence-corrected chi connectivity index (χ3v) is 5.60. The van der Waals surface area contributed by atoms with Crippen molar-refractivity contribution >= 4 is 11.5 Å². The van der Waals surface area contributed by atoms with E-state index in [1.54, 1.807) is 12.4 Å². The van der Waals surface area contributed by atoms with Crippen molar-refractivity contribution in [3.05, 3.63) is 59.6 Å². The number of ether oxygens (including phenoxy) is 2. The van der Waals surface area contributed by atoms with Gasteiger partial charge in [0.15, 0.2) is 17.2 Å². The number of fused-ring (bicyclic) bond motifs is 3. The molecule has 3 aromatic heterocycles. The highest BCUT2D eigenvalue weighted by atomic mass is 19.1. The molecule has 4 aromatic rings. The molecule has 1 N–H and O–H groups in total. The first-order chi connectivity index (χ1) is 14.7. The Morgan fingerprint density at radius 3 is 2.87 bits per heavy atom. The Hall–Kier alpha value is -3.75. The zero-order chi connectivity index (χ0) is 20.2. The van der Waals surface area contributed by atoms with E-state index in [2.05, 4.69) is 25.5 Å². The second-order valence-corrected chi connectivity index (χ2v) is 7.45. The van der Waals surface area contributed by atoms with Gasteiger partial charge in [-0.1, -0.05) is 0 Å². The van der Waals surface area contributed by atoms with Crippen LogP contribution in [-0.4, -0.2) is 37.8 Å². The number of anilines is 1. The van der Waals surface area contributed by atoms with Gasteiger partial charge >= 0.3 is 0 Å². The minimum absolute atomic E-state index is 0.0418. The maximum absolute atomic E-state index is 14.7. The molecule has 9 heteroatoms. The summed E-state index contributed by atoms with van der Waals surface area (Å²) < 4.78 is 28.5. The molecule has 0 saturated carbocycles. The Labute approximate surface area is 170 Å². The topological polar surface area (TPSA) is 86.5 Å². The third-order valence-electron chi connectivity index (χ3n) is 5.60. The Bertz CT molecular complexity index is 1300. The summed E-state index contributed by atoms with van der Waals surface area (Å²) in [6.45, 7) is 3.04. The fourth-order valence-corrected chi connectivity index (χ4v) is 4.17. The van der Waals surface area contributed by atoms with Crippen molar-refractivity contribution in [2.45, 2.75) is 19.4 Å². The van der Waals surface area contributed by atoms with Crippen molar-refractivity contribution in [3.8, 4) is 22.8 Å². The van der Waals surface area contributed by atoms with Gasteiger partial charge in [-0.15, -0.1) is 10.2 Å². The van der Waals surface area contributed by atoms with Gasteiger partial charge in [-0.2, -0.15) is 0 Å². The van der Waals surface area contributed by atoms with E-state index in [0.717, 1.165) is 28.3 Å². The molecular formula is C21H17FN6O2. The molecule has 5 heterocycles. The molecule has 0 amide bonds. The summed E-state index contributed by atoms with van der Waals surface area (Å²) in [5.41, 5.74) is 4.47. The SMILES string of the molecule is Cc1cc(-c2cc3c(n4cnnc24)NCc2c(F)ccc4c2[C@@H](CO4)CO3)ncn1. The summed E-state index contributed by atoms with van der Waals surface area (Å²) >= 11 is 0. The zero-order valence-corrected chi connectivity index (χ0v) is 16.1. The molecule has 0 bridgehead atoms. The predicted octanol–water partition coefficient (Wildman–Crippen LogP) is 3.11. The summed E-state index contributed by atoms with van der Waals surface area (Å²) in [5.74, 6) is 1.71. The number of nitrogens with zero attached hydrogens (tertiary/aromatic N) is 5. The van der Waals surface area contributed by atoms with Crippen LogP contribution in [0.2, 0.25) is 0 Å². The number of rotatable bonds is 1. The van der Waals surface area contributed by atoms with Crippen LogP contribution < -0.4 is 14.8 Å². The third kappa shape index (κ3) is 2.51. The van der Waals surface area contributed by atoms with Gasteiger partial charge in [0.05, 0.1) is 24.8 Å². The number of nitrogens with one attached hydrogen (secondary N) is 1. The highest BCUT2D eigenvalue weighted by Gasteiger charge is 2.31. The zero-order valence-electron chi connectivity index (χ0n) is 16.1. The summed E-state index contributed by atoms with van der Waals surface area (Å²) in [5, 5.41) is 11.7. The number of halogens is 1. The molecule has 0 fully saturated rings. The number of pyridine rings is 1. The molecule has 0 spiro atoms. The number of aromatic nitrogens is 5. The highest BCUT2D eigenvalue weighted by molar-refractivity contribution is 5.80. The number of benzene rings is 1. The van der Waals surface area contributed by atoms with Crippen LogP contribution in [0.1, 0.15) is 22.7 Å². The number of aryl methyl sites for hydroxylation is 1. The summed E-state index contributed by atoms with van der Waals surface area (Å²) in [7, 11) is 0. The summed E-state index contributed by atoms with van der Waals surface area (Å²) in [6.07, 6.45) is 3.13. The van der Waals surface area contributed by atoms with Gasteiger partial charge in [0.1, 0.15) is 24.2 Å². The van der Waals surface area contributed by atoms with E-state index < -0.39 is 0 Å². The Balaban J connectivity index is 1.52. The normalized spacial score (nSPS) is 17.1. The predicted molar refractivity (Wildman–Crippen MR) is 106 cm³/mol. The number of hydrogen-bond acceptors (Lipinski definition) is 7. The highest BCUT2D eigenvalue weighted by Crippen LogP contribution is 2.41. The smallest absolute Gasteiger partial charge is 0.171 e. The maximum Gasteiger partial charge on any atom is 0.171 e. The standard InChI is InChI=1S/C21H17FN6O2/c1-11-4-16(25-9-24-11)13-5-18-21(28-10-26-27-20(13)28)23-6-14-15(22)2-3-17-19(14)12(7-29-17)8-30-18/h2-5,9-10,12,23H,6-8H2,1H3/t12-/m0/s1. The monoisotopic (exact) mass is 404 g/mol. The fraction of sp³-hybridized carbons (Fsp3) is 0.238. The lowest BCUT2D eigenvalue weighted by Gasteiger charge is -2.16. The van der Waals surface area contributed by atoms with Crippen molar-refractivity contribution in [1.29, 1.82) is 0 Å². The van der Waals surface area contributed by atoms with E-state index in [-0.39, 0.29) is 11.7 Å². The fourth-order valence-electron chi connectivity index (χ4n) is 4.17. The van der Waals surface area contributed by atoms with Crippen LogP contribution in [0.3, 0.4) is 0 Å². The number of hydrogen-bond donors (Lipinski definition) is 1. The van der Waals surface area contributed by atoms with E-state index in [4.69, 9.17) is 9.47 Å². The molecule has 2 aliphatic rings. The summed E-state index contributed by atoms with van der Waals surface area (Å²) in [6, 6.07) is 6.93. The molecule has 2 aliphatic heterocycles. The van der Waals surface area contributed by atoms with Crippen molar-refractivity contribution in [2.24, 2.45) is 0 Å². The molecule has 0 unspecified atom stereocenters. The average Bonchev–Trinajstić information content (AvgIpc) is 3.39. The molecule has 6 rings (SSSR count). The summed E-state index contributed by atoms with van der Waals surface area (Å²) in [4.78, 5) is 8.57. The molecule has 150 valence electrons. The molecule has 30 heavy (non-hydrogen) atoms. The van der Waals surface area contributed by atoms with Crippen molar-refractivity contribution in [3.63, 3.8) is 0 Å². The van der Waals surface area contributed by atoms with Crippen molar-refractivity contribution in [2.75, 3.05) is 18.5 Å². The van der Waals surface area contributed by atoms with E-state index in [0.29, 0.717) is 42.5 Å². The first-order valence-corrected chi connectivity index (χ1v) is 9.65. The average molecular weight is 404 g/mol. The maximum atomic E-state index is 14.7. The first-order valence-electron chi connectivity index (χ1n) is 9.65. The van der Waals surface area contributed by atoms with E-state index in [9.17, 15) is 4.39 Å². The van der Waals surface area contributed by atoms with Gasteiger partial charge in [-0.25, -0.2) is 14.4 Å². The van der Waals surface area contributed by atoms with E-state index in [1.807, 2.05) is 23.5 Å². The first kappa shape index (κ1) is 17.1. The molecular weight excluding hydrogens is 387 g/mol.